The van der Waals surface area contributed by atoms with Gasteiger partial charge in [-0.05, 0) is 0 Å². The molecule has 0 aliphatic carbocycles. The number of ether oxygens (including phenoxy) is 1. The highest BCUT2D eigenvalue weighted by atomic mass is 32.3. The van der Waals surface area contributed by atoms with Gasteiger partial charge in [0, 0.05) is 0 Å². The number of anilines is 1. The second-order valence-corrected chi connectivity index (χ2v) is 6.49. The maximum Gasteiger partial charge on any atom is 0.407 e. The number of aliphatic hydroxyl groups excluding tert-OH is 3. The smallest absolute Gasteiger partial charge is 0.394 e. The highest BCUT2D eigenvalue weighted by Crippen LogP contribution is 2.31. The zero-order valence-corrected chi connectivity index (χ0v) is 14.4. The molecule has 0 amide bonds. The van der Waals surface area contributed by atoms with E-state index in [0.29, 0.717) is 11.2 Å². The van der Waals surface area contributed by atoms with Crippen molar-refractivity contribution < 1.29 is 41.6 Å². The van der Waals surface area contributed by atoms with Gasteiger partial charge in [-0.3, -0.25) is 9.12 Å². The van der Waals surface area contributed by atoms with Gasteiger partial charge in [0.15, 0.2) is 17.7 Å². The average molecular weight is 411 g/mol. The van der Waals surface area contributed by atoms with Gasteiger partial charge < -0.3 is 25.8 Å². The number of hydrogen-bond acceptors (Lipinski definition) is 12. The van der Waals surface area contributed by atoms with Crippen molar-refractivity contribution in [2.24, 2.45) is 0 Å². The molecule has 2 aromatic rings. The third kappa shape index (κ3) is 4.46. The van der Waals surface area contributed by atoms with Crippen LogP contribution in [0.4, 0.5) is 5.82 Å². The molecule has 4 atom stereocenters. The quantitative estimate of drug-likeness (QED) is 0.272. The van der Waals surface area contributed by atoms with Crippen molar-refractivity contribution in [3.63, 3.8) is 0 Å². The molecular weight excluding hydrogens is 397 g/mol. The van der Waals surface area contributed by atoms with Crippen molar-refractivity contribution in [3.05, 3.63) is 12.7 Å². The Kier molecular flexibility index (Phi) is 6.48. The van der Waals surface area contributed by atoms with Crippen LogP contribution in [-0.2, 0) is 23.7 Å². The summed E-state index contributed by atoms with van der Waals surface area (Å²) in [5, 5.41) is 28.7. The van der Waals surface area contributed by atoms with E-state index in [1.807, 2.05) is 0 Å². The fourth-order valence-electron chi connectivity index (χ4n) is 2.20. The van der Waals surface area contributed by atoms with Crippen LogP contribution in [0.5, 0.6) is 0 Å². The maximum atomic E-state index is 9.95. The molecule has 26 heavy (non-hydrogen) atoms. The van der Waals surface area contributed by atoms with Gasteiger partial charge in [0.25, 0.3) is 0 Å². The zero-order chi connectivity index (χ0) is 19.5. The molecule has 6 N–H and O–H groups in total. The van der Waals surface area contributed by atoms with E-state index in [0.717, 1.165) is 0 Å². The van der Waals surface area contributed by atoms with Crippen molar-refractivity contribution in [1.29, 1.82) is 0 Å². The highest BCUT2D eigenvalue weighted by molar-refractivity contribution is 7.83. The lowest BCUT2D eigenvalue weighted by atomic mass is 10.1. The number of nitrogens with two attached hydrogens (primary N) is 1. The molecule has 144 valence electrons. The summed E-state index contributed by atoms with van der Waals surface area (Å²) in [5.74, 6) is 0.218. The molecule has 1 aliphatic rings. The Labute approximate surface area is 147 Å². The van der Waals surface area contributed by atoms with Crippen molar-refractivity contribution in [2.45, 2.75) is 24.5 Å². The zero-order valence-electron chi connectivity index (χ0n) is 12.7. The second-order valence-electron chi connectivity index (χ2n) is 4.89. The van der Waals surface area contributed by atoms with Gasteiger partial charge in [-0.15, -0.1) is 3.97 Å². The van der Waals surface area contributed by atoms with E-state index in [1.165, 1.54) is 17.2 Å². The van der Waals surface area contributed by atoms with Crippen LogP contribution in [0, 0.1) is 0 Å². The minimum atomic E-state index is -4.50. The van der Waals surface area contributed by atoms with E-state index >= 15 is 0 Å². The Morgan fingerprint density at radius 1 is 1.31 bits per heavy atom. The number of nitrogens with zero attached hydrogens (tertiary/aromatic N) is 4. The summed E-state index contributed by atoms with van der Waals surface area (Å²) < 4.78 is 45.5. The standard InChI is InChI=1S/C10H13N5O4.HO5PS/c11-8-5-9(13-2-12-8)15(3-14-5)10-7(18)6(17)4(1-16)19-10;1-6-5-7(2,3)4/h2-4,6-7,10,16-18H,1H2,(H2,11,12,13);(H,2,3,4)/t4-,6-,7-,10-;/m1./s1. The fraction of sp³-hybridized carbons (Fsp3) is 0.500. The molecule has 0 spiro atoms. The number of aromatic nitrogens is 4. The molecule has 2 aromatic heterocycles. The van der Waals surface area contributed by atoms with Crippen LogP contribution in [0.25, 0.3) is 11.2 Å². The third-order valence-corrected chi connectivity index (χ3v) is 4.30. The normalized spacial score (nSPS) is 26.0. The van der Waals surface area contributed by atoms with Gasteiger partial charge >= 0.3 is 19.1 Å². The number of aliphatic hydroxyl groups is 3. The Bertz CT molecular complexity index is 877. The fourth-order valence-corrected chi connectivity index (χ4v) is 2.51. The lowest BCUT2D eigenvalue weighted by Gasteiger charge is -2.16. The van der Waals surface area contributed by atoms with Crippen LogP contribution < -0.4 is 5.73 Å². The van der Waals surface area contributed by atoms with Gasteiger partial charge in [0.1, 0.15) is 30.2 Å². The van der Waals surface area contributed by atoms with Gasteiger partial charge in [0.2, 0.25) is 0 Å². The summed E-state index contributed by atoms with van der Waals surface area (Å²) in [6.45, 7) is -0.390. The van der Waals surface area contributed by atoms with Crippen molar-refractivity contribution in [1.82, 2.24) is 19.5 Å². The van der Waals surface area contributed by atoms with Crippen LogP contribution in [0.2, 0.25) is 0 Å². The molecule has 0 bridgehead atoms. The third-order valence-electron chi connectivity index (χ3n) is 3.30. The second kappa shape index (κ2) is 8.24. The van der Waals surface area contributed by atoms with E-state index in [2.05, 4.69) is 18.9 Å². The lowest BCUT2D eigenvalue weighted by Crippen LogP contribution is -2.33. The Morgan fingerprint density at radius 2 is 2.00 bits per heavy atom. The van der Waals surface area contributed by atoms with E-state index in [1.54, 1.807) is 0 Å². The number of fused-ring (bicyclic) bond motifs is 1. The molecule has 1 saturated heterocycles. The molecule has 0 aromatic carbocycles. The van der Waals surface area contributed by atoms with Crippen molar-refractivity contribution in [2.75, 3.05) is 12.3 Å². The van der Waals surface area contributed by atoms with Gasteiger partial charge in [-0.1, -0.05) is 0 Å². The summed E-state index contributed by atoms with van der Waals surface area (Å²) >= 11 is 0. The SMILES string of the molecule is Nc1ncnc2c1ncn2[C@@H]1O[C@H](CO)[C@@H](O)[C@H]1O.O=POS(=O)(=O)O. The van der Waals surface area contributed by atoms with Gasteiger partial charge in [-0.25, -0.2) is 19.5 Å². The molecule has 3 rings (SSSR count). The summed E-state index contributed by atoms with van der Waals surface area (Å²) in [6, 6.07) is 0. The highest BCUT2D eigenvalue weighted by Gasteiger charge is 2.43. The molecule has 14 nitrogen and oxygen atoms in total. The number of nitrogen functional groups attached to an aromatic ring is 1. The minimum Gasteiger partial charge on any atom is -0.394 e. The first-order chi connectivity index (χ1) is 12.2. The lowest BCUT2D eigenvalue weighted by molar-refractivity contribution is -0.0511. The molecule has 0 unspecified atom stereocenters. The number of imidazole rings is 1. The molecule has 0 radical (unpaired) electrons. The maximum absolute atomic E-state index is 9.95. The first-order valence-corrected chi connectivity index (χ1v) is 8.83. The predicted octanol–water partition coefficient (Wildman–Crippen LogP) is -1.97. The number of hydrogen-bond donors (Lipinski definition) is 5. The summed E-state index contributed by atoms with van der Waals surface area (Å²) in [5.41, 5.74) is 6.44. The molecule has 0 saturated carbocycles. The van der Waals surface area contributed by atoms with Gasteiger partial charge in [0.05, 0.1) is 12.9 Å². The Morgan fingerprint density at radius 3 is 2.50 bits per heavy atom. The van der Waals surface area contributed by atoms with Crippen LogP contribution in [0.15, 0.2) is 12.7 Å². The summed E-state index contributed by atoms with van der Waals surface area (Å²) in [4.78, 5) is 11.9. The largest absolute Gasteiger partial charge is 0.407 e. The molecule has 1 aliphatic heterocycles. The van der Waals surface area contributed by atoms with Crippen LogP contribution in [0.3, 0.4) is 0 Å². The predicted molar refractivity (Wildman–Crippen MR) is 83.0 cm³/mol. The molecule has 16 heteroatoms. The monoisotopic (exact) mass is 411 g/mol. The summed E-state index contributed by atoms with van der Waals surface area (Å²) in [6.07, 6.45) is -1.42. The van der Waals surface area contributed by atoms with Crippen molar-refractivity contribution >= 4 is 36.1 Å². The van der Waals surface area contributed by atoms with E-state index in [-0.39, 0.29) is 5.82 Å². The Balaban J connectivity index is 0.000000298. The first kappa shape index (κ1) is 20.5. The topological polar surface area (TPSA) is 220 Å². The molecule has 3 heterocycles. The molecule has 1 fully saturated rings. The van der Waals surface area contributed by atoms with Crippen molar-refractivity contribution in [3.8, 4) is 0 Å². The van der Waals surface area contributed by atoms with Gasteiger partial charge in [-0.2, -0.15) is 8.42 Å². The van der Waals surface area contributed by atoms with Crippen LogP contribution in [-0.4, -0.2) is 72.7 Å². The van der Waals surface area contributed by atoms with Crippen LogP contribution >= 0.6 is 8.69 Å². The average Bonchev–Trinajstić information content (AvgIpc) is 3.10. The van der Waals surface area contributed by atoms with Crippen LogP contribution in [0.1, 0.15) is 6.23 Å². The number of rotatable bonds is 4. The summed E-state index contributed by atoms with van der Waals surface area (Å²) in [7, 11) is -5.58. The molecular formula is C10H14N5O9PS. The van der Waals surface area contributed by atoms with E-state index < -0.39 is 50.2 Å². The minimum absolute atomic E-state index is 0.218. The first-order valence-electron chi connectivity index (χ1n) is 6.73. The van der Waals surface area contributed by atoms with E-state index in [9.17, 15) is 18.6 Å². The van der Waals surface area contributed by atoms with E-state index in [4.69, 9.17) is 24.7 Å². The Hall–Kier alpha value is -1.84.